The summed E-state index contributed by atoms with van der Waals surface area (Å²) in [5, 5.41) is 0. The van der Waals surface area contributed by atoms with Crippen molar-refractivity contribution in [2.24, 2.45) is 0 Å². The van der Waals surface area contributed by atoms with Crippen molar-refractivity contribution in [1.29, 1.82) is 0 Å². The van der Waals surface area contributed by atoms with Crippen molar-refractivity contribution in [2.75, 3.05) is 40.9 Å². The lowest BCUT2D eigenvalue weighted by molar-refractivity contribution is -0.870. The molecule has 0 unspecified atom stereocenters. The van der Waals surface area contributed by atoms with E-state index in [0.717, 1.165) is 24.2 Å². The van der Waals surface area contributed by atoms with Crippen molar-refractivity contribution in [2.45, 2.75) is 71.1 Å². The van der Waals surface area contributed by atoms with Gasteiger partial charge in [0.2, 0.25) is 0 Å². The lowest BCUT2D eigenvalue weighted by atomic mass is 10.1. The van der Waals surface area contributed by atoms with Crippen molar-refractivity contribution in [3.05, 3.63) is 0 Å². The Morgan fingerprint density at radius 1 is 0.696 bits per heavy atom. The second kappa shape index (κ2) is 18.6. The Balaban J connectivity index is 0. The summed E-state index contributed by atoms with van der Waals surface area (Å²) < 4.78 is 6.66. The van der Waals surface area contributed by atoms with E-state index in [4.69, 9.17) is 19.4 Å². The zero-order valence-corrected chi connectivity index (χ0v) is 16.7. The van der Waals surface area contributed by atoms with Gasteiger partial charge in [-0.1, -0.05) is 64.7 Å². The highest BCUT2D eigenvalue weighted by molar-refractivity contribution is 7.38. The van der Waals surface area contributed by atoms with Crippen molar-refractivity contribution in [3.8, 4) is 0 Å². The molecule has 0 atom stereocenters. The Bertz CT molecular complexity index is 220. The standard InChI is InChI=1S/C17H38NO.H3O3P/c1-5-6-7-8-9-10-11-12-13-14-16-19-17-15-18(2,3)4;1-4(2)3/h5-17H2,1-4H3;1-3H/q+1;. The summed E-state index contributed by atoms with van der Waals surface area (Å²) in [5.41, 5.74) is 0. The third kappa shape index (κ3) is 34.5. The van der Waals surface area contributed by atoms with E-state index in [-0.39, 0.29) is 0 Å². The van der Waals surface area contributed by atoms with Gasteiger partial charge < -0.3 is 23.9 Å². The maximum Gasteiger partial charge on any atom is 0.324 e. The van der Waals surface area contributed by atoms with Crippen LogP contribution in [0.4, 0.5) is 0 Å². The number of nitrogens with zero attached hydrogens (tertiary/aromatic N) is 1. The summed E-state index contributed by atoms with van der Waals surface area (Å²) >= 11 is 0. The minimum atomic E-state index is -2.62. The lowest BCUT2D eigenvalue weighted by Crippen LogP contribution is -2.37. The molecule has 0 aliphatic carbocycles. The van der Waals surface area contributed by atoms with Crippen LogP contribution in [0.5, 0.6) is 0 Å². The quantitative estimate of drug-likeness (QED) is 0.252. The maximum atomic E-state index is 7.23. The van der Waals surface area contributed by atoms with Crippen LogP contribution in [-0.4, -0.2) is 60.1 Å². The van der Waals surface area contributed by atoms with E-state index in [9.17, 15) is 0 Å². The number of rotatable bonds is 14. The van der Waals surface area contributed by atoms with Gasteiger partial charge in [-0.15, -0.1) is 0 Å². The second-order valence-electron chi connectivity index (χ2n) is 7.08. The predicted octanol–water partition coefficient (Wildman–Crippen LogP) is 3.82. The monoisotopic (exact) mass is 354 g/mol. The molecule has 23 heavy (non-hydrogen) atoms. The smallest absolute Gasteiger partial charge is 0.324 e. The van der Waals surface area contributed by atoms with Crippen LogP contribution in [0, 0.1) is 0 Å². The molecule has 0 aromatic rings. The molecule has 0 aromatic heterocycles. The topological polar surface area (TPSA) is 69.9 Å². The van der Waals surface area contributed by atoms with Gasteiger partial charge in [0.25, 0.3) is 0 Å². The van der Waals surface area contributed by atoms with Crippen molar-refractivity contribution < 1.29 is 23.9 Å². The van der Waals surface area contributed by atoms with Crippen LogP contribution in [0.25, 0.3) is 0 Å². The maximum absolute atomic E-state index is 7.23. The molecule has 0 amide bonds. The molecule has 0 fully saturated rings. The van der Waals surface area contributed by atoms with Gasteiger partial charge in [-0.2, -0.15) is 0 Å². The van der Waals surface area contributed by atoms with Crippen molar-refractivity contribution >= 4 is 8.60 Å². The second-order valence-corrected chi connectivity index (χ2v) is 7.61. The Hall–Kier alpha value is 0.230. The van der Waals surface area contributed by atoms with E-state index >= 15 is 0 Å². The highest BCUT2D eigenvalue weighted by Crippen LogP contribution is 2.11. The molecule has 5 nitrogen and oxygen atoms in total. The number of quaternary nitrogens is 1. The molecule has 0 radical (unpaired) electrons. The van der Waals surface area contributed by atoms with Crippen LogP contribution in [-0.2, 0) is 4.74 Å². The predicted molar refractivity (Wildman–Crippen MR) is 99.1 cm³/mol. The molecule has 0 aliphatic rings. The summed E-state index contributed by atoms with van der Waals surface area (Å²) in [4.78, 5) is 21.7. The van der Waals surface area contributed by atoms with Gasteiger partial charge in [0, 0.05) is 6.61 Å². The van der Waals surface area contributed by atoms with Crippen LogP contribution in [0.15, 0.2) is 0 Å². The fourth-order valence-corrected chi connectivity index (χ4v) is 2.13. The summed E-state index contributed by atoms with van der Waals surface area (Å²) in [7, 11) is 4.02. The molecule has 0 saturated carbocycles. The average molecular weight is 354 g/mol. The van der Waals surface area contributed by atoms with Gasteiger partial charge >= 0.3 is 8.60 Å². The molecule has 0 spiro atoms. The van der Waals surface area contributed by atoms with Crippen LogP contribution in [0.3, 0.4) is 0 Å². The summed E-state index contributed by atoms with van der Waals surface area (Å²) in [6.07, 6.45) is 14.0. The summed E-state index contributed by atoms with van der Waals surface area (Å²) in [6.45, 7) is 5.25. The molecular weight excluding hydrogens is 313 g/mol. The molecule has 0 saturated heterocycles. The normalized spacial score (nSPS) is 11.5. The van der Waals surface area contributed by atoms with Gasteiger partial charge in [0.15, 0.2) is 0 Å². The number of unbranched alkanes of at least 4 members (excludes halogenated alkanes) is 9. The van der Waals surface area contributed by atoms with Crippen molar-refractivity contribution in [3.63, 3.8) is 0 Å². The van der Waals surface area contributed by atoms with Gasteiger partial charge in [-0.25, -0.2) is 0 Å². The molecule has 0 rings (SSSR count). The molecule has 142 valence electrons. The Morgan fingerprint density at radius 2 is 1.09 bits per heavy atom. The van der Waals surface area contributed by atoms with Crippen LogP contribution in [0.1, 0.15) is 71.1 Å². The largest absolute Gasteiger partial charge is 0.376 e. The van der Waals surface area contributed by atoms with Crippen molar-refractivity contribution in [1.82, 2.24) is 0 Å². The molecule has 0 aromatic carbocycles. The molecule has 0 bridgehead atoms. The highest BCUT2D eigenvalue weighted by Gasteiger charge is 2.05. The SMILES string of the molecule is CCCCCCCCCCCCOCC[N+](C)(C)C.OP(O)O. The third-order valence-electron chi connectivity index (χ3n) is 3.55. The first-order valence-electron chi connectivity index (χ1n) is 9.04. The van der Waals surface area contributed by atoms with E-state index in [1.54, 1.807) is 0 Å². The first-order chi connectivity index (χ1) is 10.8. The highest BCUT2D eigenvalue weighted by atomic mass is 31.2. The third-order valence-corrected chi connectivity index (χ3v) is 3.55. The van der Waals surface area contributed by atoms with Gasteiger partial charge in [0.1, 0.15) is 6.54 Å². The molecule has 3 N–H and O–H groups in total. The van der Waals surface area contributed by atoms with Gasteiger partial charge in [-0.05, 0) is 6.42 Å². The Morgan fingerprint density at radius 3 is 1.48 bits per heavy atom. The Labute approximate surface area is 145 Å². The number of likely N-dealkylation sites (N-methyl/N-ethyl adjacent to an activating group) is 1. The van der Waals surface area contributed by atoms with E-state index < -0.39 is 8.60 Å². The molecular formula is C17H41NO4P+. The summed E-state index contributed by atoms with van der Waals surface area (Å²) in [5.74, 6) is 0. The van der Waals surface area contributed by atoms with Gasteiger partial charge in [-0.3, -0.25) is 0 Å². The number of hydrogen-bond donors (Lipinski definition) is 3. The van der Waals surface area contributed by atoms with E-state index in [2.05, 4.69) is 28.1 Å². The fourth-order valence-electron chi connectivity index (χ4n) is 2.13. The first kappa shape index (κ1) is 25.5. The number of hydrogen-bond acceptors (Lipinski definition) is 4. The summed E-state index contributed by atoms with van der Waals surface area (Å²) in [6, 6.07) is 0. The van der Waals surface area contributed by atoms with Crippen LogP contribution in [0.2, 0.25) is 0 Å². The zero-order valence-electron chi connectivity index (χ0n) is 15.8. The zero-order chi connectivity index (χ0) is 18.0. The molecule has 0 aliphatic heterocycles. The van der Waals surface area contributed by atoms with Crippen LogP contribution >= 0.6 is 8.60 Å². The minimum absolute atomic E-state index is 0.904. The van der Waals surface area contributed by atoms with E-state index in [1.807, 2.05) is 0 Å². The average Bonchev–Trinajstić information content (AvgIpc) is 2.42. The first-order valence-corrected chi connectivity index (χ1v) is 10.2. The molecule has 0 heterocycles. The molecule has 6 heteroatoms. The number of ether oxygens (including phenoxy) is 1. The van der Waals surface area contributed by atoms with Gasteiger partial charge in [0.05, 0.1) is 27.7 Å². The van der Waals surface area contributed by atoms with Crippen LogP contribution < -0.4 is 0 Å². The minimum Gasteiger partial charge on any atom is -0.376 e. The van der Waals surface area contributed by atoms with E-state index in [0.29, 0.717) is 0 Å². The van der Waals surface area contributed by atoms with E-state index in [1.165, 1.54) is 64.2 Å². The fraction of sp³-hybridized carbons (Fsp3) is 1.00. The Kier molecular flexibility index (Phi) is 20.6. The lowest BCUT2D eigenvalue weighted by Gasteiger charge is -2.23.